The van der Waals surface area contributed by atoms with Crippen molar-refractivity contribution in [3.8, 4) is 33.1 Å². The van der Waals surface area contributed by atoms with E-state index < -0.39 is 0 Å². The molecule has 32 heavy (non-hydrogen) atoms. The van der Waals surface area contributed by atoms with Crippen LogP contribution in [0.15, 0.2) is 72.4 Å². The second-order valence-electron chi connectivity index (χ2n) is 7.92. The molecule has 0 fully saturated rings. The van der Waals surface area contributed by atoms with E-state index in [9.17, 15) is 0 Å². The van der Waals surface area contributed by atoms with Crippen LogP contribution in [0, 0.1) is 0 Å². The smallest absolute Gasteiger partial charge is 0.135 e. The van der Waals surface area contributed by atoms with Crippen molar-refractivity contribution in [1.82, 2.24) is 25.1 Å². The molecule has 7 heteroatoms. The van der Waals surface area contributed by atoms with Gasteiger partial charge in [0.2, 0.25) is 0 Å². The molecule has 6 aromatic rings. The first-order chi connectivity index (χ1) is 15.7. The van der Waals surface area contributed by atoms with Gasteiger partial charge in [0, 0.05) is 47.2 Å². The van der Waals surface area contributed by atoms with Gasteiger partial charge in [-0.2, -0.15) is 5.10 Å². The zero-order valence-corrected chi connectivity index (χ0v) is 18.4. The number of nitrogens with zero attached hydrogens (tertiary/aromatic N) is 4. The SMILES string of the molecule is CN(C)c1cncc(-c2ccc3[nH]nc(-c4cc5c(-c6cccs6)cccc5[nH]4)c3n2)c1. The Bertz CT molecular complexity index is 1560. The summed E-state index contributed by atoms with van der Waals surface area (Å²) in [4.78, 5) is 16.2. The topological polar surface area (TPSA) is 73.5 Å². The number of aromatic nitrogens is 5. The molecule has 1 aromatic carbocycles. The number of hydrogen-bond acceptors (Lipinski definition) is 5. The van der Waals surface area contributed by atoms with Crippen molar-refractivity contribution in [3.05, 3.63) is 72.4 Å². The van der Waals surface area contributed by atoms with Gasteiger partial charge in [-0.15, -0.1) is 11.3 Å². The minimum absolute atomic E-state index is 0.812. The highest BCUT2D eigenvalue weighted by atomic mass is 32.1. The van der Waals surface area contributed by atoms with Crippen LogP contribution in [0.2, 0.25) is 0 Å². The molecule has 0 aliphatic carbocycles. The molecule has 5 aromatic heterocycles. The summed E-state index contributed by atoms with van der Waals surface area (Å²) in [6.07, 6.45) is 3.69. The lowest BCUT2D eigenvalue weighted by molar-refractivity contribution is 1.11. The number of aromatic amines is 2. The van der Waals surface area contributed by atoms with Crippen molar-refractivity contribution in [1.29, 1.82) is 0 Å². The van der Waals surface area contributed by atoms with Crippen LogP contribution < -0.4 is 4.90 Å². The number of hydrogen-bond donors (Lipinski definition) is 2. The zero-order chi connectivity index (χ0) is 21.7. The maximum Gasteiger partial charge on any atom is 0.135 e. The van der Waals surface area contributed by atoms with Crippen LogP contribution in [0.25, 0.3) is 55.0 Å². The van der Waals surface area contributed by atoms with Crippen LogP contribution in [0.4, 0.5) is 5.69 Å². The molecule has 0 spiro atoms. The fourth-order valence-electron chi connectivity index (χ4n) is 3.99. The molecule has 0 atom stereocenters. The van der Waals surface area contributed by atoms with Gasteiger partial charge in [0.15, 0.2) is 0 Å². The maximum atomic E-state index is 4.95. The Labute approximate surface area is 188 Å². The van der Waals surface area contributed by atoms with E-state index in [1.54, 1.807) is 11.3 Å². The van der Waals surface area contributed by atoms with E-state index in [-0.39, 0.29) is 0 Å². The van der Waals surface area contributed by atoms with E-state index in [0.29, 0.717) is 0 Å². The van der Waals surface area contributed by atoms with Gasteiger partial charge in [-0.1, -0.05) is 18.2 Å². The molecule has 6 nitrogen and oxygen atoms in total. The van der Waals surface area contributed by atoms with Crippen LogP contribution >= 0.6 is 11.3 Å². The lowest BCUT2D eigenvalue weighted by Gasteiger charge is -2.12. The normalized spacial score (nSPS) is 11.4. The van der Waals surface area contributed by atoms with Gasteiger partial charge in [-0.3, -0.25) is 10.1 Å². The fourth-order valence-corrected chi connectivity index (χ4v) is 4.76. The summed E-state index contributed by atoms with van der Waals surface area (Å²) in [6, 6.07) is 18.9. The first-order valence-corrected chi connectivity index (χ1v) is 11.2. The van der Waals surface area contributed by atoms with Crippen molar-refractivity contribution in [2.75, 3.05) is 19.0 Å². The van der Waals surface area contributed by atoms with Gasteiger partial charge in [0.05, 0.1) is 28.8 Å². The quantitative estimate of drug-likeness (QED) is 0.357. The molecule has 0 radical (unpaired) electrons. The third-order valence-electron chi connectivity index (χ3n) is 5.65. The van der Waals surface area contributed by atoms with Crippen molar-refractivity contribution in [2.45, 2.75) is 0 Å². The van der Waals surface area contributed by atoms with Gasteiger partial charge >= 0.3 is 0 Å². The van der Waals surface area contributed by atoms with E-state index in [4.69, 9.17) is 4.98 Å². The number of benzene rings is 1. The summed E-state index contributed by atoms with van der Waals surface area (Å²) in [5.41, 5.74) is 8.68. The maximum absolute atomic E-state index is 4.95. The summed E-state index contributed by atoms with van der Waals surface area (Å²) in [5, 5.41) is 11.0. The van der Waals surface area contributed by atoms with Crippen molar-refractivity contribution in [2.24, 2.45) is 0 Å². The molecule has 0 amide bonds. The van der Waals surface area contributed by atoms with Gasteiger partial charge in [-0.25, -0.2) is 4.98 Å². The molecule has 0 saturated heterocycles. The average Bonchev–Trinajstić information content (AvgIpc) is 3.57. The second-order valence-corrected chi connectivity index (χ2v) is 8.87. The predicted octanol–water partition coefficient (Wildman–Crippen LogP) is 5.96. The molecule has 0 aliphatic rings. The Morgan fingerprint density at radius 1 is 0.938 bits per heavy atom. The molecule has 0 bridgehead atoms. The molecule has 5 heterocycles. The Kier molecular flexibility index (Phi) is 4.29. The Morgan fingerprint density at radius 2 is 1.88 bits per heavy atom. The number of H-pyrrole nitrogens is 2. The minimum atomic E-state index is 0.812. The Morgan fingerprint density at radius 3 is 2.72 bits per heavy atom. The highest BCUT2D eigenvalue weighted by molar-refractivity contribution is 7.13. The minimum Gasteiger partial charge on any atom is -0.376 e. The Balaban J connectivity index is 1.49. The highest BCUT2D eigenvalue weighted by Crippen LogP contribution is 2.35. The number of pyridine rings is 2. The summed E-state index contributed by atoms with van der Waals surface area (Å²) >= 11 is 1.75. The first-order valence-electron chi connectivity index (χ1n) is 10.3. The number of fused-ring (bicyclic) bond motifs is 2. The Hall–Kier alpha value is -3.97. The fraction of sp³-hybridized carbons (Fsp3) is 0.0800. The van der Waals surface area contributed by atoms with Gasteiger partial charge in [-0.05, 0) is 41.8 Å². The van der Waals surface area contributed by atoms with Crippen molar-refractivity contribution in [3.63, 3.8) is 0 Å². The third kappa shape index (κ3) is 3.06. The summed E-state index contributed by atoms with van der Waals surface area (Å²) in [6.45, 7) is 0. The molecule has 0 unspecified atom stereocenters. The average molecular weight is 437 g/mol. The van der Waals surface area contributed by atoms with Gasteiger partial charge in [0.1, 0.15) is 11.2 Å². The largest absolute Gasteiger partial charge is 0.376 e. The molecular formula is C25H20N6S. The lowest BCUT2D eigenvalue weighted by Crippen LogP contribution is -2.08. The number of anilines is 1. The highest BCUT2D eigenvalue weighted by Gasteiger charge is 2.16. The van der Waals surface area contributed by atoms with Gasteiger partial charge in [0.25, 0.3) is 0 Å². The van der Waals surface area contributed by atoms with Crippen LogP contribution in [0.3, 0.4) is 0 Å². The van der Waals surface area contributed by atoms with Crippen molar-refractivity contribution < 1.29 is 0 Å². The number of rotatable bonds is 4. The number of nitrogens with one attached hydrogen (secondary N) is 2. The first kappa shape index (κ1) is 18.8. The molecule has 156 valence electrons. The predicted molar refractivity (Wildman–Crippen MR) is 132 cm³/mol. The van der Waals surface area contributed by atoms with Crippen LogP contribution in [0.5, 0.6) is 0 Å². The standard InChI is InChI=1S/C25H20N6S/c1-31(2)16-11-15(13-26-14-16)19-8-9-21-24(28-19)25(30-29-21)22-12-18-17(23-7-4-10-32-23)5-3-6-20(18)27-22/h3-14,27H,1-2H3,(H,29,30). The van der Waals surface area contributed by atoms with Crippen LogP contribution in [-0.2, 0) is 0 Å². The van der Waals surface area contributed by atoms with E-state index in [0.717, 1.165) is 44.9 Å². The lowest BCUT2D eigenvalue weighted by atomic mass is 10.1. The molecular weight excluding hydrogens is 416 g/mol. The van der Waals surface area contributed by atoms with E-state index in [1.807, 2.05) is 43.5 Å². The van der Waals surface area contributed by atoms with Crippen LogP contribution in [-0.4, -0.2) is 39.2 Å². The summed E-state index contributed by atoms with van der Waals surface area (Å²) in [5.74, 6) is 0. The summed E-state index contributed by atoms with van der Waals surface area (Å²) in [7, 11) is 4.01. The molecule has 6 rings (SSSR count). The summed E-state index contributed by atoms with van der Waals surface area (Å²) < 4.78 is 0. The monoisotopic (exact) mass is 436 g/mol. The van der Waals surface area contributed by atoms with E-state index in [1.165, 1.54) is 15.8 Å². The van der Waals surface area contributed by atoms with E-state index >= 15 is 0 Å². The van der Waals surface area contributed by atoms with Crippen molar-refractivity contribution >= 4 is 39.0 Å². The van der Waals surface area contributed by atoms with E-state index in [2.05, 4.69) is 68.0 Å². The zero-order valence-electron chi connectivity index (χ0n) is 17.6. The van der Waals surface area contributed by atoms with Crippen LogP contribution in [0.1, 0.15) is 0 Å². The third-order valence-corrected chi connectivity index (χ3v) is 6.55. The van der Waals surface area contributed by atoms with Gasteiger partial charge < -0.3 is 9.88 Å². The second kappa shape index (κ2) is 7.32. The molecule has 0 aliphatic heterocycles. The molecule has 2 N–H and O–H groups in total. The number of thiophene rings is 1. The molecule has 0 saturated carbocycles.